The molecule has 0 fully saturated rings. The number of halogens is 2. The number of methoxy groups -OCH3 is 1. The molecule has 0 aliphatic heterocycles. The van der Waals surface area contributed by atoms with Crippen molar-refractivity contribution in [2.24, 2.45) is 0 Å². The van der Waals surface area contributed by atoms with E-state index in [-0.39, 0.29) is 0 Å². The zero-order valence-electron chi connectivity index (χ0n) is 8.60. The van der Waals surface area contributed by atoms with Gasteiger partial charge in [0.2, 0.25) is 0 Å². The number of ether oxygens (including phenoxy) is 2. The molecular weight excluding hydrogens is 192 g/mol. The van der Waals surface area contributed by atoms with Crippen LogP contribution in [0.25, 0.3) is 0 Å². The van der Waals surface area contributed by atoms with Crippen LogP contribution >= 0.6 is 0 Å². The normalized spacial score (nSPS) is 11.1. The van der Waals surface area contributed by atoms with Crippen LogP contribution < -0.4 is 5.32 Å². The first-order chi connectivity index (χ1) is 6.77. The van der Waals surface area contributed by atoms with Crippen LogP contribution in [0.4, 0.5) is 8.78 Å². The molecule has 1 N–H and O–H groups in total. The molecule has 5 heteroatoms. The Kier molecular flexibility index (Phi) is 10.6. The molecule has 86 valence electrons. The molecule has 0 aromatic rings. The van der Waals surface area contributed by atoms with Crippen molar-refractivity contribution in [1.29, 1.82) is 0 Å². The molecule has 0 heterocycles. The fourth-order valence-electron chi connectivity index (χ4n) is 0.938. The summed E-state index contributed by atoms with van der Waals surface area (Å²) in [5, 5.41) is 3.09. The van der Waals surface area contributed by atoms with Crippen molar-refractivity contribution in [3.8, 4) is 0 Å². The minimum absolute atomic E-state index is 0.342. The van der Waals surface area contributed by atoms with Gasteiger partial charge in [0, 0.05) is 20.3 Å². The van der Waals surface area contributed by atoms with Crippen molar-refractivity contribution in [2.45, 2.75) is 19.3 Å². The highest BCUT2D eigenvalue weighted by Gasteiger charge is 2.00. The number of alkyl halides is 2. The molecule has 14 heavy (non-hydrogen) atoms. The van der Waals surface area contributed by atoms with E-state index in [2.05, 4.69) is 10.1 Å². The smallest absolute Gasteiger partial charge is 0.261 e. The van der Waals surface area contributed by atoms with E-state index in [0.717, 1.165) is 26.0 Å². The van der Waals surface area contributed by atoms with E-state index in [9.17, 15) is 8.78 Å². The molecule has 0 rings (SSSR count). The Labute approximate surface area is 83.8 Å². The first kappa shape index (κ1) is 13.7. The predicted molar refractivity (Wildman–Crippen MR) is 50.8 cm³/mol. The van der Waals surface area contributed by atoms with Crippen LogP contribution in [0.3, 0.4) is 0 Å². The average molecular weight is 211 g/mol. The summed E-state index contributed by atoms with van der Waals surface area (Å²) in [4.78, 5) is 0. The van der Waals surface area contributed by atoms with Crippen LogP contribution in [0.5, 0.6) is 0 Å². The van der Waals surface area contributed by atoms with Gasteiger partial charge in [-0.15, -0.1) is 0 Å². The zero-order valence-corrected chi connectivity index (χ0v) is 8.60. The largest absolute Gasteiger partial charge is 0.385 e. The highest BCUT2D eigenvalue weighted by atomic mass is 19.3. The Balaban J connectivity index is 2.85. The van der Waals surface area contributed by atoms with E-state index in [0.29, 0.717) is 13.2 Å². The summed E-state index contributed by atoms with van der Waals surface area (Å²) in [6, 6.07) is 0. The molecule has 0 saturated carbocycles. The van der Waals surface area contributed by atoms with E-state index >= 15 is 0 Å². The lowest BCUT2D eigenvalue weighted by atomic mass is 10.3. The van der Waals surface area contributed by atoms with Crippen LogP contribution in [0.2, 0.25) is 0 Å². The molecule has 0 aromatic heterocycles. The quantitative estimate of drug-likeness (QED) is 0.552. The van der Waals surface area contributed by atoms with Gasteiger partial charge in [-0.3, -0.25) is 0 Å². The van der Waals surface area contributed by atoms with Gasteiger partial charge in [0.25, 0.3) is 6.43 Å². The fraction of sp³-hybridized carbons (Fsp3) is 1.00. The van der Waals surface area contributed by atoms with Crippen molar-refractivity contribution in [2.75, 3.05) is 40.0 Å². The third-order valence-electron chi connectivity index (χ3n) is 1.62. The van der Waals surface area contributed by atoms with Gasteiger partial charge in [-0.1, -0.05) is 0 Å². The van der Waals surface area contributed by atoms with Crippen molar-refractivity contribution in [3.63, 3.8) is 0 Å². The number of unbranched alkanes of at least 4 members (excludes halogenated alkanes) is 1. The Hall–Kier alpha value is -0.260. The minimum Gasteiger partial charge on any atom is -0.385 e. The van der Waals surface area contributed by atoms with Crippen LogP contribution in [-0.2, 0) is 9.47 Å². The second kappa shape index (κ2) is 10.8. The summed E-state index contributed by atoms with van der Waals surface area (Å²) in [5.74, 6) is 0. The van der Waals surface area contributed by atoms with E-state index in [1.54, 1.807) is 7.11 Å². The highest BCUT2D eigenvalue weighted by molar-refractivity contribution is 4.47. The maximum Gasteiger partial charge on any atom is 0.261 e. The highest BCUT2D eigenvalue weighted by Crippen LogP contribution is 1.91. The number of hydrogen-bond donors (Lipinski definition) is 1. The van der Waals surface area contributed by atoms with Crippen molar-refractivity contribution < 1.29 is 18.3 Å². The average Bonchev–Trinajstić information content (AvgIpc) is 2.15. The van der Waals surface area contributed by atoms with Crippen molar-refractivity contribution in [1.82, 2.24) is 5.32 Å². The van der Waals surface area contributed by atoms with Gasteiger partial charge < -0.3 is 14.8 Å². The first-order valence-corrected chi connectivity index (χ1v) is 4.83. The van der Waals surface area contributed by atoms with Crippen LogP contribution in [0, 0.1) is 0 Å². The maximum absolute atomic E-state index is 11.6. The van der Waals surface area contributed by atoms with E-state index in [1.165, 1.54) is 0 Å². The third-order valence-corrected chi connectivity index (χ3v) is 1.62. The van der Waals surface area contributed by atoms with Crippen LogP contribution in [0.15, 0.2) is 0 Å². The lowest BCUT2D eigenvalue weighted by Crippen LogP contribution is -2.22. The maximum atomic E-state index is 11.6. The summed E-state index contributed by atoms with van der Waals surface area (Å²) in [6.07, 6.45) is -0.318. The lowest BCUT2D eigenvalue weighted by molar-refractivity contribution is 0.0188. The summed E-state index contributed by atoms with van der Waals surface area (Å²) in [5.41, 5.74) is 0. The van der Waals surface area contributed by atoms with Gasteiger partial charge in [0.05, 0.1) is 6.61 Å². The van der Waals surface area contributed by atoms with Crippen molar-refractivity contribution in [3.05, 3.63) is 0 Å². The molecule has 3 nitrogen and oxygen atoms in total. The molecule has 0 bridgehead atoms. The summed E-state index contributed by atoms with van der Waals surface area (Å²) in [7, 11) is 1.67. The monoisotopic (exact) mass is 211 g/mol. The minimum atomic E-state index is -2.36. The Morgan fingerprint density at radius 1 is 1.14 bits per heavy atom. The second-order valence-electron chi connectivity index (χ2n) is 2.92. The van der Waals surface area contributed by atoms with E-state index in [4.69, 9.17) is 4.74 Å². The zero-order chi connectivity index (χ0) is 10.6. The van der Waals surface area contributed by atoms with Gasteiger partial charge in [-0.25, -0.2) is 8.78 Å². The summed E-state index contributed by atoms with van der Waals surface area (Å²) in [6.45, 7) is 2.14. The topological polar surface area (TPSA) is 30.5 Å². The first-order valence-electron chi connectivity index (χ1n) is 4.83. The molecule has 0 radical (unpaired) electrons. The third kappa shape index (κ3) is 11.7. The number of nitrogens with one attached hydrogen (secondary N) is 1. The molecule has 0 atom stereocenters. The van der Waals surface area contributed by atoms with Crippen LogP contribution in [0.1, 0.15) is 12.8 Å². The Bertz CT molecular complexity index is 115. The molecule has 0 aliphatic rings. The Morgan fingerprint density at radius 3 is 2.57 bits per heavy atom. The summed E-state index contributed by atoms with van der Waals surface area (Å²) < 4.78 is 32.7. The molecule has 0 spiro atoms. The SMILES string of the molecule is COCCCCNCCOCC(F)F. The van der Waals surface area contributed by atoms with Gasteiger partial charge >= 0.3 is 0 Å². The summed E-state index contributed by atoms with van der Waals surface area (Å²) >= 11 is 0. The van der Waals surface area contributed by atoms with Gasteiger partial charge in [0.1, 0.15) is 6.61 Å². The lowest BCUT2D eigenvalue weighted by Gasteiger charge is -2.05. The second-order valence-corrected chi connectivity index (χ2v) is 2.92. The molecule has 0 saturated heterocycles. The van der Waals surface area contributed by atoms with Crippen LogP contribution in [-0.4, -0.2) is 46.4 Å². The Morgan fingerprint density at radius 2 is 1.93 bits per heavy atom. The van der Waals surface area contributed by atoms with Gasteiger partial charge in [-0.05, 0) is 19.4 Å². The number of hydrogen-bond acceptors (Lipinski definition) is 3. The molecule has 0 unspecified atom stereocenters. The van der Waals surface area contributed by atoms with Gasteiger partial charge in [-0.2, -0.15) is 0 Å². The molecule has 0 amide bonds. The predicted octanol–water partition coefficient (Wildman–Crippen LogP) is 1.28. The number of rotatable bonds is 10. The van der Waals surface area contributed by atoms with E-state index in [1.807, 2.05) is 0 Å². The fourth-order valence-corrected chi connectivity index (χ4v) is 0.938. The molecule has 0 aliphatic carbocycles. The van der Waals surface area contributed by atoms with E-state index < -0.39 is 13.0 Å². The van der Waals surface area contributed by atoms with Crippen molar-refractivity contribution >= 4 is 0 Å². The molecular formula is C9H19F2NO2. The standard InChI is InChI=1S/C9H19F2NO2/c1-13-6-3-2-4-12-5-7-14-8-9(10)11/h9,12H,2-8H2,1H3. The molecule has 0 aromatic carbocycles. The van der Waals surface area contributed by atoms with Gasteiger partial charge in [0.15, 0.2) is 0 Å².